The Morgan fingerprint density at radius 1 is 0.767 bits per heavy atom. The molecule has 5 aromatic rings. The molecular formula is C24H16BF2N3. The number of fused-ring (bicyclic) bond motifs is 2. The smallest absolute Gasteiger partial charge is 0.310 e. The summed E-state index contributed by atoms with van der Waals surface area (Å²) < 4.78 is 29.3. The highest BCUT2D eigenvalue weighted by molar-refractivity contribution is 6.42. The molecule has 30 heavy (non-hydrogen) atoms. The molecule has 2 aromatic heterocycles. The second-order valence-corrected chi connectivity index (χ2v) is 6.91. The molecule has 0 saturated heterocycles. The number of rotatable bonds is 3. The van der Waals surface area contributed by atoms with Gasteiger partial charge in [0.05, 0.1) is 0 Å². The van der Waals surface area contributed by atoms with Gasteiger partial charge in [0.2, 0.25) is 0 Å². The van der Waals surface area contributed by atoms with Crippen LogP contribution in [0.5, 0.6) is 0 Å². The maximum Gasteiger partial charge on any atom is 0.679 e. The van der Waals surface area contributed by atoms with Crippen LogP contribution in [-0.4, -0.2) is 16.9 Å². The second kappa shape index (κ2) is 7.56. The number of benzene rings is 3. The lowest BCUT2D eigenvalue weighted by Gasteiger charge is -2.14. The minimum atomic E-state index is -2.74. The monoisotopic (exact) mass is 395 g/mol. The lowest BCUT2D eigenvalue weighted by molar-refractivity contribution is 0.627. The molecule has 0 fully saturated rings. The van der Waals surface area contributed by atoms with Crippen molar-refractivity contribution in [1.82, 2.24) is 9.46 Å². The molecule has 0 saturated carbocycles. The zero-order valence-electron chi connectivity index (χ0n) is 15.9. The van der Waals surface area contributed by atoms with Gasteiger partial charge in [-0.15, -0.1) is 0 Å². The largest absolute Gasteiger partial charge is 0.679 e. The molecule has 0 amide bonds. The van der Waals surface area contributed by atoms with Gasteiger partial charge in [-0.3, -0.25) is 8.63 Å². The normalized spacial score (nSPS) is 11.9. The molecule has 3 aromatic carbocycles. The fraction of sp³-hybridized carbons (Fsp3) is 0. The highest BCUT2D eigenvalue weighted by Crippen LogP contribution is 2.28. The Hall–Kier alpha value is -3.80. The molecule has 0 spiro atoms. The van der Waals surface area contributed by atoms with Gasteiger partial charge in [-0.05, 0) is 34.7 Å². The molecule has 0 unspecified atom stereocenters. The van der Waals surface area contributed by atoms with Crippen LogP contribution in [0.1, 0.15) is 0 Å². The average molecular weight is 395 g/mol. The van der Waals surface area contributed by atoms with Crippen LogP contribution in [0.25, 0.3) is 32.8 Å². The maximum atomic E-state index is 14.2. The third kappa shape index (κ3) is 3.16. The zero-order valence-corrected chi connectivity index (χ0v) is 15.9. The number of para-hydroxylation sites is 1. The van der Waals surface area contributed by atoms with Crippen molar-refractivity contribution in [2.45, 2.75) is 0 Å². The molecule has 6 heteroatoms. The van der Waals surface area contributed by atoms with Crippen molar-refractivity contribution < 1.29 is 8.63 Å². The maximum absolute atomic E-state index is 14.2. The molecule has 0 aliphatic carbocycles. The van der Waals surface area contributed by atoms with Gasteiger partial charge in [-0.25, -0.2) is 9.98 Å². The number of halogens is 2. The molecule has 0 aliphatic heterocycles. The van der Waals surface area contributed by atoms with Gasteiger partial charge in [-0.1, -0.05) is 72.8 Å². The van der Waals surface area contributed by atoms with Crippen molar-refractivity contribution in [3.8, 4) is 11.1 Å². The first kappa shape index (κ1) is 18.2. The summed E-state index contributed by atoms with van der Waals surface area (Å²) in [4.78, 5) is 8.96. The third-order valence-corrected chi connectivity index (χ3v) is 5.13. The molecule has 0 aliphatic rings. The van der Waals surface area contributed by atoms with E-state index in [1.165, 1.54) is 0 Å². The first-order chi connectivity index (χ1) is 14.7. The summed E-state index contributed by atoms with van der Waals surface area (Å²) in [7, 11) is -2.74. The molecule has 0 radical (unpaired) electrons. The Morgan fingerprint density at radius 2 is 1.47 bits per heavy atom. The van der Waals surface area contributed by atoms with Crippen molar-refractivity contribution in [2.75, 3.05) is 0 Å². The quantitative estimate of drug-likeness (QED) is 0.352. The zero-order chi connectivity index (χ0) is 20.5. The van der Waals surface area contributed by atoms with Gasteiger partial charge in [0.15, 0.2) is 5.82 Å². The number of hydrogen-bond donors (Lipinski definition) is 0. The van der Waals surface area contributed by atoms with Crippen LogP contribution in [0.2, 0.25) is 0 Å². The summed E-state index contributed by atoms with van der Waals surface area (Å²) >= 11 is 0. The van der Waals surface area contributed by atoms with Crippen molar-refractivity contribution in [3.05, 3.63) is 103 Å². The topological polar surface area (TPSA) is 30.2 Å². The predicted molar refractivity (Wildman–Crippen MR) is 118 cm³/mol. The van der Waals surface area contributed by atoms with Gasteiger partial charge in [0.1, 0.15) is 5.49 Å². The third-order valence-electron chi connectivity index (χ3n) is 5.13. The Labute approximate surface area is 172 Å². The van der Waals surface area contributed by atoms with Crippen LogP contribution in [0.15, 0.2) is 102 Å². The highest BCUT2D eigenvalue weighted by Gasteiger charge is 2.22. The molecule has 0 N–H and O–H groups in total. The van der Waals surface area contributed by atoms with E-state index in [1.54, 1.807) is 24.4 Å². The van der Waals surface area contributed by atoms with Crippen molar-refractivity contribution in [2.24, 2.45) is 4.99 Å². The van der Waals surface area contributed by atoms with E-state index in [-0.39, 0.29) is 5.49 Å². The Balaban J connectivity index is 1.90. The van der Waals surface area contributed by atoms with E-state index in [0.717, 1.165) is 31.8 Å². The fourth-order valence-electron chi connectivity index (χ4n) is 3.76. The minimum Gasteiger partial charge on any atom is -0.310 e. The van der Waals surface area contributed by atoms with Gasteiger partial charge >= 0.3 is 7.40 Å². The Bertz CT molecular complexity index is 1420. The summed E-state index contributed by atoms with van der Waals surface area (Å²) in [6.45, 7) is 0. The van der Waals surface area contributed by atoms with Gasteiger partial charge in [-0.2, -0.15) is 0 Å². The molecular weight excluding hydrogens is 379 g/mol. The van der Waals surface area contributed by atoms with Crippen molar-refractivity contribution >= 4 is 34.9 Å². The Morgan fingerprint density at radius 3 is 2.27 bits per heavy atom. The Kier molecular flexibility index (Phi) is 4.60. The van der Waals surface area contributed by atoms with E-state index in [2.05, 4.69) is 9.98 Å². The van der Waals surface area contributed by atoms with Gasteiger partial charge < -0.3 is 4.48 Å². The van der Waals surface area contributed by atoms with E-state index in [4.69, 9.17) is 0 Å². The first-order valence-corrected chi connectivity index (χ1v) is 9.59. The molecule has 2 heterocycles. The molecule has 5 rings (SSSR count). The van der Waals surface area contributed by atoms with Crippen LogP contribution in [-0.2, 0) is 0 Å². The van der Waals surface area contributed by atoms with Gasteiger partial charge in [0.25, 0.3) is 0 Å². The summed E-state index contributed by atoms with van der Waals surface area (Å²) in [6.07, 6.45) is 1.65. The first-order valence-electron chi connectivity index (χ1n) is 9.59. The SMILES string of the molecule is FB(F)n1/c(=N\c2nccc3ccccc23)cc(-c2ccccc2)c2ccccc21. The van der Waals surface area contributed by atoms with Crippen LogP contribution >= 0.6 is 0 Å². The van der Waals surface area contributed by atoms with E-state index in [1.807, 2.05) is 72.8 Å². The van der Waals surface area contributed by atoms with Crippen LogP contribution < -0.4 is 5.49 Å². The summed E-state index contributed by atoms with van der Waals surface area (Å²) in [6, 6.07) is 28.2. The minimum absolute atomic E-state index is 0.159. The molecule has 144 valence electrons. The van der Waals surface area contributed by atoms with Crippen LogP contribution in [0.3, 0.4) is 0 Å². The number of hydrogen-bond acceptors (Lipinski definition) is 2. The van der Waals surface area contributed by atoms with E-state index < -0.39 is 7.40 Å². The van der Waals surface area contributed by atoms with E-state index in [9.17, 15) is 8.63 Å². The number of aromatic nitrogens is 2. The van der Waals surface area contributed by atoms with Crippen molar-refractivity contribution in [3.63, 3.8) is 0 Å². The molecule has 3 nitrogen and oxygen atoms in total. The van der Waals surface area contributed by atoms with Crippen LogP contribution in [0.4, 0.5) is 14.4 Å². The predicted octanol–water partition coefficient (Wildman–Crippen LogP) is 5.86. The summed E-state index contributed by atoms with van der Waals surface area (Å²) in [5, 5.41) is 2.52. The van der Waals surface area contributed by atoms with E-state index in [0.29, 0.717) is 11.3 Å². The molecule has 0 bridgehead atoms. The fourth-order valence-corrected chi connectivity index (χ4v) is 3.76. The van der Waals surface area contributed by atoms with E-state index >= 15 is 0 Å². The summed E-state index contributed by atoms with van der Waals surface area (Å²) in [5.74, 6) is 0.414. The highest BCUT2D eigenvalue weighted by atomic mass is 19.2. The molecule has 0 atom stereocenters. The van der Waals surface area contributed by atoms with Gasteiger partial charge in [0, 0.05) is 22.5 Å². The second-order valence-electron chi connectivity index (χ2n) is 6.91. The number of pyridine rings is 2. The average Bonchev–Trinajstić information content (AvgIpc) is 2.79. The van der Waals surface area contributed by atoms with Crippen molar-refractivity contribution in [1.29, 1.82) is 0 Å². The lowest BCUT2D eigenvalue weighted by atomic mass is 9.99. The summed E-state index contributed by atoms with van der Waals surface area (Å²) in [5.41, 5.74) is 2.37. The lowest BCUT2D eigenvalue weighted by Crippen LogP contribution is -2.30. The van der Waals surface area contributed by atoms with Crippen LogP contribution in [0, 0.1) is 0 Å². The standard InChI is InChI=1S/C24H16BF2N3/c26-25(27)30-22-13-7-6-12-20(22)21(17-8-2-1-3-9-17)16-23(30)29-24-19-11-5-4-10-18(19)14-15-28-24/h1-16H/b29-23-. The number of nitrogens with zero attached hydrogens (tertiary/aromatic N) is 3.